The van der Waals surface area contributed by atoms with Crippen molar-refractivity contribution in [2.24, 2.45) is 0 Å². The van der Waals surface area contributed by atoms with Gasteiger partial charge in [0.2, 0.25) is 11.7 Å². The van der Waals surface area contributed by atoms with Crippen LogP contribution in [0.4, 0.5) is 9.59 Å². The smallest absolute Gasteiger partial charge is 0.322 e. The largest absolute Gasteiger partial charge is 0.339 e. The zero-order chi connectivity index (χ0) is 22.3. The number of carbonyl (C=O) groups excluding carboxylic acids is 3. The van der Waals surface area contributed by atoms with E-state index in [1.165, 1.54) is 0 Å². The molecule has 10 nitrogen and oxygen atoms in total. The van der Waals surface area contributed by atoms with Crippen molar-refractivity contribution in [2.75, 3.05) is 26.2 Å². The number of hydrogen-bond acceptors (Lipinski definition) is 6. The van der Waals surface area contributed by atoms with Gasteiger partial charge in [-0.2, -0.15) is 4.98 Å². The summed E-state index contributed by atoms with van der Waals surface area (Å²) in [4.78, 5) is 45.1. The second-order valence-corrected chi connectivity index (χ2v) is 8.83. The first-order valence-electron chi connectivity index (χ1n) is 11.1. The minimum atomic E-state index is -1.15. The van der Waals surface area contributed by atoms with Crippen LogP contribution in [-0.2, 0) is 10.3 Å². The second-order valence-electron chi connectivity index (χ2n) is 8.83. The Morgan fingerprint density at radius 3 is 2.69 bits per heavy atom. The number of rotatable bonds is 3. The number of hydrogen-bond donors (Lipinski definition) is 2. The first-order chi connectivity index (χ1) is 15.4. The fraction of sp³-hybridized carbons (Fsp3) is 0.500. The molecular formula is C22H26N6O4. The molecule has 3 aliphatic rings. The second kappa shape index (κ2) is 7.92. The minimum Gasteiger partial charge on any atom is -0.339 e. The van der Waals surface area contributed by atoms with Crippen LogP contribution in [0.2, 0.25) is 0 Å². The lowest BCUT2D eigenvalue weighted by molar-refractivity contribution is -0.123. The lowest BCUT2D eigenvalue weighted by Crippen LogP contribution is -2.46. The highest BCUT2D eigenvalue weighted by Gasteiger charge is 2.43. The number of piperidine rings is 1. The van der Waals surface area contributed by atoms with Gasteiger partial charge in [0, 0.05) is 31.7 Å². The molecule has 32 heavy (non-hydrogen) atoms. The molecule has 1 aromatic carbocycles. The number of urea groups is 2. The summed E-state index contributed by atoms with van der Waals surface area (Å²) in [5.74, 6) is 0.524. The van der Waals surface area contributed by atoms with Gasteiger partial charge in [0.15, 0.2) is 0 Å². The maximum Gasteiger partial charge on any atom is 0.322 e. The van der Waals surface area contributed by atoms with E-state index in [0.717, 1.165) is 45.3 Å². The molecular weight excluding hydrogens is 412 g/mol. The topological polar surface area (TPSA) is 121 Å². The van der Waals surface area contributed by atoms with Crippen molar-refractivity contribution in [1.29, 1.82) is 0 Å². The monoisotopic (exact) mass is 438 g/mol. The van der Waals surface area contributed by atoms with Crippen molar-refractivity contribution in [3.63, 3.8) is 0 Å². The van der Waals surface area contributed by atoms with Crippen LogP contribution >= 0.6 is 0 Å². The standard InChI is InChI=1S/C22H26N6O4/c1-22(19(29)24-20(30)25-22)16-8-4-6-14(12-16)17-23-18(32-26-17)15-7-5-11-28(13-15)21(31)27-9-2-3-10-27/h4,6,8,12,15H,2-3,5,7,9-11,13H2,1H3,(H2,24,25,29,30). The van der Waals surface area contributed by atoms with Crippen molar-refractivity contribution in [2.45, 2.75) is 44.1 Å². The van der Waals surface area contributed by atoms with Crippen molar-refractivity contribution in [1.82, 2.24) is 30.6 Å². The molecule has 0 radical (unpaired) electrons. The fourth-order valence-electron chi connectivity index (χ4n) is 4.69. The molecule has 168 valence electrons. The van der Waals surface area contributed by atoms with Gasteiger partial charge in [-0.1, -0.05) is 23.4 Å². The van der Waals surface area contributed by atoms with E-state index in [1.54, 1.807) is 25.1 Å². The summed E-state index contributed by atoms with van der Waals surface area (Å²) in [6.07, 6.45) is 3.92. The maximum absolute atomic E-state index is 12.8. The lowest BCUT2D eigenvalue weighted by atomic mass is 9.91. The van der Waals surface area contributed by atoms with E-state index in [-0.39, 0.29) is 11.9 Å². The summed E-state index contributed by atoms with van der Waals surface area (Å²) in [5.41, 5.74) is 0.164. The van der Waals surface area contributed by atoms with Crippen LogP contribution in [0, 0.1) is 0 Å². The number of carbonyl (C=O) groups is 3. The summed E-state index contributed by atoms with van der Waals surface area (Å²) in [7, 11) is 0. The van der Waals surface area contributed by atoms with Gasteiger partial charge in [-0.25, -0.2) is 9.59 Å². The molecule has 3 aliphatic heterocycles. The van der Waals surface area contributed by atoms with Crippen LogP contribution in [0.3, 0.4) is 0 Å². The highest BCUT2D eigenvalue weighted by Crippen LogP contribution is 2.31. The quantitative estimate of drug-likeness (QED) is 0.709. The maximum atomic E-state index is 12.8. The van der Waals surface area contributed by atoms with Gasteiger partial charge < -0.3 is 19.6 Å². The molecule has 3 saturated heterocycles. The SMILES string of the molecule is CC1(c2cccc(-c3noc(C4CCCN(C(=O)N5CCCC5)C4)n3)c2)NC(=O)NC1=O. The molecule has 5 amide bonds. The summed E-state index contributed by atoms with van der Waals surface area (Å²) in [6.45, 7) is 4.64. The number of nitrogens with zero attached hydrogens (tertiary/aromatic N) is 4. The molecule has 0 spiro atoms. The molecule has 4 heterocycles. The van der Waals surface area contributed by atoms with E-state index < -0.39 is 17.5 Å². The Bertz CT molecular complexity index is 1060. The predicted molar refractivity (Wildman–Crippen MR) is 114 cm³/mol. The van der Waals surface area contributed by atoms with Crippen LogP contribution in [-0.4, -0.2) is 64.1 Å². The van der Waals surface area contributed by atoms with Gasteiger partial charge in [0.1, 0.15) is 5.54 Å². The highest BCUT2D eigenvalue weighted by molar-refractivity contribution is 6.07. The predicted octanol–water partition coefficient (Wildman–Crippen LogP) is 2.19. The Morgan fingerprint density at radius 2 is 1.94 bits per heavy atom. The fourth-order valence-corrected chi connectivity index (χ4v) is 4.69. The Morgan fingerprint density at radius 1 is 1.16 bits per heavy atom. The molecule has 5 rings (SSSR count). The first kappa shape index (κ1) is 20.5. The van der Waals surface area contributed by atoms with Crippen LogP contribution in [0.5, 0.6) is 0 Å². The molecule has 10 heteroatoms. The summed E-state index contributed by atoms with van der Waals surface area (Å²) < 4.78 is 5.58. The zero-order valence-electron chi connectivity index (χ0n) is 18.0. The van der Waals surface area contributed by atoms with Gasteiger partial charge in [0.25, 0.3) is 5.91 Å². The molecule has 0 bridgehead atoms. The molecule has 0 aliphatic carbocycles. The van der Waals surface area contributed by atoms with Gasteiger partial charge in [-0.05, 0) is 44.2 Å². The normalized spacial score (nSPS) is 25.7. The molecule has 1 aromatic heterocycles. The number of nitrogens with one attached hydrogen (secondary N) is 2. The molecule has 2 atom stereocenters. The van der Waals surface area contributed by atoms with Crippen LogP contribution in [0.15, 0.2) is 28.8 Å². The van der Waals surface area contributed by atoms with Gasteiger partial charge in [-0.3, -0.25) is 10.1 Å². The van der Waals surface area contributed by atoms with Crippen LogP contribution < -0.4 is 10.6 Å². The lowest BCUT2D eigenvalue weighted by Gasteiger charge is -2.33. The molecule has 2 aromatic rings. The van der Waals surface area contributed by atoms with E-state index >= 15 is 0 Å². The number of amides is 5. The number of aromatic nitrogens is 2. The average Bonchev–Trinajstić information content (AvgIpc) is 3.55. The van der Waals surface area contributed by atoms with Crippen molar-refractivity contribution >= 4 is 18.0 Å². The van der Waals surface area contributed by atoms with Gasteiger partial charge >= 0.3 is 12.1 Å². The van der Waals surface area contributed by atoms with E-state index in [4.69, 9.17) is 4.52 Å². The van der Waals surface area contributed by atoms with Crippen molar-refractivity contribution < 1.29 is 18.9 Å². The highest BCUT2D eigenvalue weighted by atomic mass is 16.5. The third kappa shape index (κ3) is 3.59. The Balaban J connectivity index is 1.33. The third-order valence-corrected chi connectivity index (χ3v) is 6.60. The number of likely N-dealkylation sites (tertiary alicyclic amines) is 2. The Hall–Kier alpha value is -3.43. The zero-order valence-corrected chi connectivity index (χ0v) is 18.0. The molecule has 0 saturated carbocycles. The minimum absolute atomic E-state index is 0.00264. The molecule has 2 unspecified atom stereocenters. The first-order valence-corrected chi connectivity index (χ1v) is 11.1. The van der Waals surface area contributed by atoms with Crippen molar-refractivity contribution in [3.8, 4) is 11.4 Å². The van der Waals surface area contributed by atoms with Crippen LogP contribution in [0.25, 0.3) is 11.4 Å². The molecule has 3 fully saturated rings. The van der Waals surface area contributed by atoms with Gasteiger partial charge in [0.05, 0.1) is 5.92 Å². The molecule has 2 N–H and O–H groups in total. The van der Waals surface area contributed by atoms with E-state index in [0.29, 0.717) is 29.4 Å². The summed E-state index contributed by atoms with van der Waals surface area (Å²) in [5, 5.41) is 9.08. The Kier molecular flexibility index (Phi) is 5.07. The van der Waals surface area contributed by atoms with Crippen molar-refractivity contribution in [3.05, 3.63) is 35.7 Å². The van der Waals surface area contributed by atoms with Crippen LogP contribution in [0.1, 0.15) is 50.0 Å². The third-order valence-electron chi connectivity index (χ3n) is 6.60. The van der Waals surface area contributed by atoms with Gasteiger partial charge in [-0.15, -0.1) is 0 Å². The van der Waals surface area contributed by atoms with E-state index in [1.807, 2.05) is 15.9 Å². The summed E-state index contributed by atoms with van der Waals surface area (Å²) >= 11 is 0. The Labute approximate surface area is 185 Å². The average molecular weight is 438 g/mol. The number of benzene rings is 1. The number of imide groups is 1. The summed E-state index contributed by atoms with van der Waals surface area (Å²) in [6, 6.07) is 6.77. The van der Waals surface area contributed by atoms with E-state index in [2.05, 4.69) is 20.8 Å². The van der Waals surface area contributed by atoms with E-state index in [9.17, 15) is 14.4 Å².